The van der Waals surface area contributed by atoms with Crippen molar-refractivity contribution in [1.82, 2.24) is 15.4 Å². The Morgan fingerprint density at radius 3 is 3.20 bits per heavy atom. The first-order valence-corrected chi connectivity index (χ1v) is 5.06. The minimum atomic E-state index is 0.0618. The van der Waals surface area contributed by atoms with Crippen molar-refractivity contribution >= 4 is 5.69 Å². The molecule has 1 aromatic heterocycles. The number of fused-ring (bicyclic) bond motifs is 1. The summed E-state index contributed by atoms with van der Waals surface area (Å²) in [5.41, 5.74) is 10.9. The second-order valence-corrected chi connectivity index (χ2v) is 3.86. The van der Waals surface area contributed by atoms with Gasteiger partial charge in [-0.1, -0.05) is 0 Å². The summed E-state index contributed by atoms with van der Waals surface area (Å²) in [6.45, 7) is 0.520. The first-order valence-electron chi connectivity index (χ1n) is 5.06. The zero-order valence-electron chi connectivity index (χ0n) is 9.10. The predicted molar refractivity (Wildman–Crippen MR) is 57.0 cm³/mol. The molecule has 84 valence electrons. The Hall–Kier alpha value is -1.11. The number of hydrogen-bond donors (Lipinski definition) is 2. The van der Waals surface area contributed by atoms with Crippen LogP contribution in [-0.4, -0.2) is 29.5 Å². The van der Waals surface area contributed by atoms with E-state index in [0.717, 1.165) is 18.5 Å². The van der Waals surface area contributed by atoms with Gasteiger partial charge in [-0.25, -0.2) is 0 Å². The molecule has 2 rings (SSSR count). The van der Waals surface area contributed by atoms with Crippen LogP contribution < -0.4 is 16.3 Å². The number of hydrazine groups is 1. The van der Waals surface area contributed by atoms with Crippen molar-refractivity contribution < 1.29 is 4.84 Å². The maximum Gasteiger partial charge on any atom is 0.0950 e. The average Bonchev–Trinajstić information content (AvgIpc) is 2.57. The summed E-state index contributed by atoms with van der Waals surface area (Å²) in [7, 11) is 3.84. The van der Waals surface area contributed by atoms with Crippen LogP contribution in [0.3, 0.4) is 0 Å². The molecule has 0 radical (unpaired) electrons. The van der Waals surface area contributed by atoms with Crippen molar-refractivity contribution in [3.05, 3.63) is 11.9 Å². The standard InChI is InChI=1S/C9H17N5O/c1-13-8-4-3-7(10)6-15-12-14(2)9(8)5-11-13/h5,7,12H,3-4,6,10H2,1-2H3. The van der Waals surface area contributed by atoms with Gasteiger partial charge < -0.3 is 5.73 Å². The molecule has 1 unspecified atom stereocenters. The Morgan fingerprint density at radius 1 is 1.60 bits per heavy atom. The molecule has 15 heavy (non-hydrogen) atoms. The Kier molecular flexibility index (Phi) is 2.90. The van der Waals surface area contributed by atoms with Gasteiger partial charge in [0.25, 0.3) is 0 Å². The van der Waals surface area contributed by atoms with E-state index in [9.17, 15) is 0 Å². The SMILES string of the molecule is CN1NOCC(N)CCc2c1cnn2C. The summed E-state index contributed by atoms with van der Waals surface area (Å²) in [6, 6.07) is 0.0618. The Balaban J connectivity index is 2.26. The molecule has 6 nitrogen and oxygen atoms in total. The number of aromatic nitrogens is 2. The van der Waals surface area contributed by atoms with Crippen LogP contribution in [0.2, 0.25) is 0 Å². The van der Waals surface area contributed by atoms with Crippen molar-refractivity contribution in [1.29, 1.82) is 0 Å². The monoisotopic (exact) mass is 211 g/mol. The van der Waals surface area contributed by atoms with Crippen LogP contribution in [0.5, 0.6) is 0 Å². The molecule has 0 aromatic carbocycles. The van der Waals surface area contributed by atoms with E-state index >= 15 is 0 Å². The van der Waals surface area contributed by atoms with E-state index in [4.69, 9.17) is 10.6 Å². The maximum absolute atomic E-state index is 5.88. The van der Waals surface area contributed by atoms with E-state index in [0.29, 0.717) is 6.61 Å². The predicted octanol–water partition coefficient (Wildman–Crippen LogP) is -0.434. The highest BCUT2D eigenvalue weighted by Gasteiger charge is 2.16. The summed E-state index contributed by atoms with van der Waals surface area (Å²) < 4.78 is 1.88. The minimum Gasteiger partial charge on any atom is -0.326 e. The van der Waals surface area contributed by atoms with Crippen LogP contribution in [0.15, 0.2) is 6.20 Å². The Morgan fingerprint density at radius 2 is 2.40 bits per heavy atom. The largest absolute Gasteiger partial charge is 0.326 e. The second-order valence-electron chi connectivity index (χ2n) is 3.86. The fraction of sp³-hybridized carbons (Fsp3) is 0.667. The summed E-state index contributed by atoms with van der Waals surface area (Å²) >= 11 is 0. The molecule has 0 amide bonds. The normalized spacial score (nSPS) is 22.9. The average molecular weight is 211 g/mol. The summed E-state index contributed by atoms with van der Waals surface area (Å²) in [5.74, 6) is 0. The summed E-state index contributed by atoms with van der Waals surface area (Å²) in [5, 5.41) is 6.05. The molecule has 0 saturated heterocycles. The molecule has 2 heterocycles. The highest BCUT2D eigenvalue weighted by Crippen LogP contribution is 2.20. The van der Waals surface area contributed by atoms with Crippen LogP contribution in [0, 0.1) is 0 Å². The van der Waals surface area contributed by atoms with Gasteiger partial charge in [0.2, 0.25) is 0 Å². The van der Waals surface area contributed by atoms with Gasteiger partial charge in [-0.05, 0) is 12.8 Å². The number of nitrogens with one attached hydrogen (secondary N) is 1. The van der Waals surface area contributed by atoms with Gasteiger partial charge in [0, 0.05) is 20.1 Å². The number of rotatable bonds is 0. The van der Waals surface area contributed by atoms with Crippen LogP contribution in [-0.2, 0) is 18.3 Å². The van der Waals surface area contributed by atoms with Crippen molar-refractivity contribution in [2.45, 2.75) is 18.9 Å². The molecule has 0 saturated carbocycles. The Bertz CT molecular complexity index is 337. The van der Waals surface area contributed by atoms with Gasteiger partial charge in [0.15, 0.2) is 0 Å². The molecule has 3 N–H and O–H groups in total. The van der Waals surface area contributed by atoms with E-state index in [2.05, 4.69) is 10.7 Å². The number of aryl methyl sites for hydroxylation is 1. The van der Waals surface area contributed by atoms with Crippen LogP contribution >= 0.6 is 0 Å². The first kappa shape index (κ1) is 10.4. The van der Waals surface area contributed by atoms with Gasteiger partial charge >= 0.3 is 0 Å². The van der Waals surface area contributed by atoms with E-state index in [1.807, 2.05) is 30.0 Å². The van der Waals surface area contributed by atoms with Gasteiger partial charge in [-0.15, -0.1) is 5.59 Å². The Labute approximate surface area is 88.9 Å². The lowest BCUT2D eigenvalue weighted by molar-refractivity contribution is 0.0285. The molecule has 6 heteroatoms. The van der Waals surface area contributed by atoms with Crippen molar-refractivity contribution in [2.75, 3.05) is 18.7 Å². The van der Waals surface area contributed by atoms with Crippen molar-refractivity contribution in [3.8, 4) is 0 Å². The molecule has 1 aliphatic heterocycles. The quantitative estimate of drug-likeness (QED) is 0.609. The van der Waals surface area contributed by atoms with Gasteiger partial charge in [-0.3, -0.25) is 14.5 Å². The highest BCUT2D eigenvalue weighted by molar-refractivity contribution is 5.47. The topological polar surface area (TPSA) is 68.3 Å². The van der Waals surface area contributed by atoms with E-state index in [-0.39, 0.29) is 6.04 Å². The smallest absolute Gasteiger partial charge is 0.0950 e. The maximum atomic E-state index is 5.88. The van der Waals surface area contributed by atoms with Crippen molar-refractivity contribution in [3.63, 3.8) is 0 Å². The van der Waals surface area contributed by atoms with Gasteiger partial charge in [0.05, 0.1) is 24.2 Å². The fourth-order valence-electron chi connectivity index (χ4n) is 1.72. The molecule has 0 bridgehead atoms. The third kappa shape index (κ3) is 2.11. The molecule has 1 aromatic rings. The highest BCUT2D eigenvalue weighted by atomic mass is 16.7. The lowest BCUT2D eigenvalue weighted by Crippen LogP contribution is -2.37. The zero-order valence-corrected chi connectivity index (χ0v) is 9.10. The third-order valence-electron chi connectivity index (χ3n) is 2.65. The first-order chi connectivity index (χ1) is 7.18. The molecular formula is C9H17N5O. The van der Waals surface area contributed by atoms with Crippen LogP contribution in [0.1, 0.15) is 12.1 Å². The lowest BCUT2D eigenvalue weighted by Gasteiger charge is -2.18. The molecule has 1 atom stereocenters. The minimum absolute atomic E-state index is 0.0618. The molecular weight excluding hydrogens is 194 g/mol. The number of hydrogen-bond acceptors (Lipinski definition) is 5. The lowest BCUT2D eigenvalue weighted by atomic mass is 10.1. The number of nitrogens with zero attached hydrogens (tertiary/aromatic N) is 3. The van der Waals surface area contributed by atoms with E-state index < -0.39 is 0 Å². The molecule has 0 spiro atoms. The zero-order chi connectivity index (χ0) is 10.8. The summed E-state index contributed by atoms with van der Waals surface area (Å²) in [6.07, 6.45) is 3.65. The molecule has 1 aliphatic rings. The molecule has 0 fully saturated rings. The van der Waals surface area contributed by atoms with Gasteiger partial charge in [0.1, 0.15) is 0 Å². The third-order valence-corrected chi connectivity index (χ3v) is 2.65. The summed E-state index contributed by atoms with van der Waals surface area (Å²) in [4.78, 5) is 5.26. The number of anilines is 1. The second kappa shape index (κ2) is 4.18. The molecule has 0 aliphatic carbocycles. The fourth-order valence-corrected chi connectivity index (χ4v) is 1.72. The van der Waals surface area contributed by atoms with Crippen LogP contribution in [0.4, 0.5) is 5.69 Å². The van der Waals surface area contributed by atoms with Gasteiger partial charge in [-0.2, -0.15) is 5.10 Å². The number of nitrogens with two attached hydrogens (primary N) is 1. The van der Waals surface area contributed by atoms with Crippen LogP contribution in [0.25, 0.3) is 0 Å². The van der Waals surface area contributed by atoms with Crippen molar-refractivity contribution in [2.24, 2.45) is 12.8 Å². The van der Waals surface area contributed by atoms with E-state index in [1.165, 1.54) is 5.69 Å². The van der Waals surface area contributed by atoms with E-state index in [1.54, 1.807) is 0 Å².